The van der Waals surface area contributed by atoms with Crippen molar-refractivity contribution >= 4 is 24.2 Å². The summed E-state index contributed by atoms with van der Waals surface area (Å²) in [6.07, 6.45) is 0. The second-order valence-corrected chi connectivity index (χ2v) is 3.94. The van der Waals surface area contributed by atoms with E-state index < -0.39 is 11.8 Å². The van der Waals surface area contributed by atoms with Gasteiger partial charge in [0, 0.05) is 5.56 Å². The second-order valence-electron chi connectivity index (χ2n) is 3.94. The first-order valence-corrected chi connectivity index (χ1v) is 5.61. The van der Waals surface area contributed by atoms with Crippen LogP contribution in [0.3, 0.4) is 0 Å². The van der Waals surface area contributed by atoms with Crippen molar-refractivity contribution in [3.8, 4) is 17.3 Å². The van der Waals surface area contributed by atoms with E-state index in [0.717, 1.165) is 13.2 Å². The molecule has 0 saturated heterocycles. The van der Waals surface area contributed by atoms with E-state index in [0.29, 0.717) is 11.1 Å². The van der Waals surface area contributed by atoms with Crippen molar-refractivity contribution in [2.45, 2.75) is 0 Å². The number of carbonyl (C=O) groups is 1. The lowest BCUT2D eigenvalue weighted by Gasteiger charge is -2.08. The first-order chi connectivity index (χ1) is 9.56. The number of anilines is 1. The summed E-state index contributed by atoms with van der Waals surface area (Å²) >= 11 is 0. The summed E-state index contributed by atoms with van der Waals surface area (Å²) in [5.74, 6) is -1.63. The van der Waals surface area contributed by atoms with Crippen molar-refractivity contribution in [2.75, 3.05) is 12.8 Å². The molecule has 0 saturated carbocycles. The molecule has 0 atom stereocenters. The minimum atomic E-state index is -0.827. The third-order valence-corrected chi connectivity index (χ3v) is 2.67. The van der Waals surface area contributed by atoms with Gasteiger partial charge in [0.15, 0.2) is 5.82 Å². The molecule has 0 aliphatic carbocycles. The van der Waals surface area contributed by atoms with Crippen molar-refractivity contribution in [1.82, 2.24) is 4.98 Å². The summed E-state index contributed by atoms with van der Waals surface area (Å²) in [4.78, 5) is 15.4. The Kier molecular flexibility index (Phi) is 5.22. The summed E-state index contributed by atoms with van der Waals surface area (Å²) in [5.41, 5.74) is 6.09. The summed E-state index contributed by atoms with van der Waals surface area (Å²) in [5, 5.41) is 8.73. The number of rotatable bonds is 2. The molecule has 2 rings (SSSR count). The van der Waals surface area contributed by atoms with Crippen molar-refractivity contribution < 1.29 is 13.9 Å². The largest absolute Gasteiger partial charge is 0.465 e. The van der Waals surface area contributed by atoms with E-state index in [2.05, 4.69) is 9.72 Å². The minimum absolute atomic E-state index is 0. The quantitative estimate of drug-likeness (QED) is 0.861. The van der Waals surface area contributed by atoms with Gasteiger partial charge in [0.25, 0.3) is 0 Å². The standard InChI is InChI=1S/C14H10FN3O2.ClH/c1-20-14(19)10-6-11(17)18-13(12(10)15)9-4-2-8(7-16)3-5-9;/h2-6H,1H3,(H2,17,18);1H. The van der Waals surface area contributed by atoms with Crippen molar-refractivity contribution in [2.24, 2.45) is 0 Å². The Balaban J connectivity index is 0.00000220. The number of benzene rings is 1. The van der Waals surface area contributed by atoms with Crippen LogP contribution in [-0.4, -0.2) is 18.1 Å². The number of nitrogens with zero attached hydrogens (tertiary/aromatic N) is 2. The number of nitrogen functional groups attached to an aromatic ring is 1. The van der Waals surface area contributed by atoms with Gasteiger partial charge in [-0.25, -0.2) is 14.2 Å². The highest BCUT2D eigenvalue weighted by molar-refractivity contribution is 5.92. The van der Waals surface area contributed by atoms with Crippen LogP contribution in [0.25, 0.3) is 11.3 Å². The van der Waals surface area contributed by atoms with E-state index in [1.165, 1.54) is 24.3 Å². The molecule has 0 bridgehead atoms. The lowest BCUT2D eigenvalue weighted by Crippen LogP contribution is -2.08. The number of esters is 1. The fourth-order valence-corrected chi connectivity index (χ4v) is 1.70. The topological polar surface area (TPSA) is 89.0 Å². The molecule has 0 unspecified atom stereocenters. The lowest BCUT2D eigenvalue weighted by atomic mass is 10.1. The number of carbonyl (C=O) groups excluding carboxylic acids is 1. The predicted octanol–water partition coefficient (Wildman–Crippen LogP) is 2.55. The van der Waals surface area contributed by atoms with Crippen LogP contribution in [-0.2, 0) is 4.74 Å². The van der Waals surface area contributed by atoms with E-state index in [-0.39, 0.29) is 29.5 Å². The monoisotopic (exact) mass is 307 g/mol. The van der Waals surface area contributed by atoms with E-state index in [1.807, 2.05) is 6.07 Å². The maximum atomic E-state index is 14.3. The third kappa shape index (κ3) is 3.27. The molecule has 1 heterocycles. The lowest BCUT2D eigenvalue weighted by molar-refractivity contribution is 0.0595. The summed E-state index contributed by atoms with van der Waals surface area (Å²) in [6, 6.07) is 9.19. The first kappa shape index (κ1) is 16.4. The summed E-state index contributed by atoms with van der Waals surface area (Å²) < 4.78 is 18.8. The maximum absolute atomic E-state index is 14.3. The van der Waals surface area contributed by atoms with Crippen molar-refractivity contribution in [3.63, 3.8) is 0 Å². The molecule has 108 valence electrons. The molecular weight excluding hydrogens is 297 g/mol. The highest BCUT2D eigenvalue weighted by atomic mass is 35.5. The molecule has 0 amide bonds. The third-order valence-electron chi connectivity index (χ3n) is 2.67. The van der Waals surface area contributed by atoms with Gasteiger partial charge in [0.1, 0.15) is 17.1 Å². The smallest absolute Gasteiger partial charge is 0.341 e. The molecule has 1 aromatic carbocycles. The van der Waals surface area contributed by atoms with Gasteiger partial charge < -0.3 is 10.5 Å². The molecule has 0 spiro atoms. The van der Waals surface area contributed by atoms with Crippen LogP contribution in [0.1, 0.15) is 15.9 Å². The molecule has 0 aliphatic rings. The number of hydrogen-bond donors (Lipinski definition) is 1. The first-order valence-electron chi connectivity index (χ1n) is 5.61. The van der Waals surface area contributed by atoms with Crippen LogP contribution in [0, 0.1) is 17.1 Å². The number of methoxy groups -OCH3 is 1. The molecule has 21 heavy (non-hydrogen) atoms. The number of nitriles is 1. The molecule has 0 radical (unpaired) electrons. The average Bonchev–Trinajstić information content (AvgIpc) is 2.48. The van der Waals surface area contributed by atoms with Crippen LogP contribution in [0.4, 0.5) is 10.2 Å². The summed E-state index contributed by atoms with van der Waals surface area (Å²) in [7, 11) is 1.15. The highest BCUT2D eigenvalue weighted by Crippen LogP contribution is 2.25. The molecule has 7 heteroatoms. The highest BCUT2D eigenvalue weighted by Gasteiger charge is 2.19. The Hall–Kier alpha value is -2.65. The number of halogens is 2. The van der Waals surface area contributed by atoms with Gasteiger partial charge in [-0.15, -0.1) is 12.4 Å². The Bertz CT molecular complexity index is 711. The summed E-state index contributed by atoms with van der Waals surface area (Å²) in [6.45, 7) is 0. The van der Waals surface area contributed by atoms with Gasteiger partial charge in [0.2, 0.25) is 0 Å². The Morgan fingerprint density at radius 1 is 1.38 bits per heavy atom. The van der Waals surface area contributed by atoms with Gasteiger partial charge in [-0.3, -0.25) is 0 Å². The van der Waals surface area contributed by atoms with Crippen LogP contribution >= 0.6 is 12.4 Å². The van der Waals surface area contributed by atoms with Gasteiger partial charge >= 0.3 is 5.97 Å². The Morgan fingerprint density at radius 3 is 2.52 bits per heavy atom. The van der Waals surface area contributed by atoms with Gasteiger partial charge in [-0.05, 0) is 18.2 Å². The zero-order chi connectivity index (χ0) is 14.7. The normalized spacial score (nSPS) is 9.38. The fourth-order valence-electron chi connectivity index (χ4n) is 1.70. The van der Waals surface area contributed by atoms with Crippen LogP contribution < -0.4 is 5.73 Å². The van der Waals surface area contributed by atoms with E-state index >= 15 is 0 Å². The molecule has 1 aromatic heterocycles. The maximum Gasteiger partial charge on any atom is 0.341 e. The van der Waals surface area contributed by atoms with Crippen LogP contribution in [0.2, 0.25) is 0 Å². The van der Waals surface area contributed by atoms with E-state index in [4.69, 9.17) is 11.0 Å². The molecule has 5 nitrogen and oxygen atoms in total. The van der Waals surface area contributed by atoms with Gasteiger partial charge in [0.05, 0.1) is 18.7 Å². The Labute approximate surface area is 126 Å². The number of pyridine rings is 1. The Morgan fingerprint density at radius 2 is 2.00 bits per heavy atom. The van der Waals surface area contributed by atoms with Crippen LogP contribution in [0.5, 0.6) is 0 Å². The molecule has 0 aliphatic heterocycles. The number of nitrogens with two attached hydrogens (primary N) is 1. The second kappa shape index (κ2) is 6.68. The minimum Gasteiger partial charge on any atom is -0.465 e. The van der Waals surface area contributed by atoms with Crippen molar-refractivity contribution in [3.05, 3.63) is 47.3 Å². The molecular formula is C14H11ClFN3O2. The van der Waals surface area contributed by atoms with Crippen LogP contribution in [0.15, 0.2) is 30.3 Å². The van der Waals surface area contributed by atoms with E-state index in [1.54, 1.807) is 0 Å². The fraction of sp³-hybridized carbons (Fsp3) is 0.0714. The van der Waals surface area contributed by atoms with Gasteiger partial charge in [-0.1, -0.05) is 12.1 Å². The average molecular weight is 308 g/mol. The van der Waals surface area contributed by atoms with Gasteiger partial charge in [-0.2, -0.15) is 5.26 Å². The molecule has 2 N–H and O–H groups in total. The number of hydrogen-bond acceptors (Lipinski definition) is 5. The molecule has 2 aromatic rings. The van der Waals surface area contributed by atoms with Crippen molar-refractivity contribution in [1.29, 1.82) is 5.26 Å². The predicted molar refractivity (Wildman–Crippen MR) is 77.3 cm³/mol. The zero-order valence-corrected chi connectivity index (χ0v) is 11.8. The van der Waals surface area contributed by atoms with E-state index in [9.17, 15) is 9.18 Å². The zero-order valence-electron chi connectivity index (χ0n) is 11.0. The number of ether oxygens (including phenoxy) is 1. The SMILES string of the molecule is COC(=O)c1cc(N)nc(-c2ccc(C#N)cc2)c1F.Cl. The number of aromatic nitrogens is 1. The molecule has 0 fully saturated rings.